The molecule has 0 spiro atoms. The van der Waals surface area contributed by atoms with Gasteiger partial charge in [0.2, 0.25) is 15.9 Å². The van der Waals surface area contributed by atoms with Gasteiger partial charge < -0.3 is 5.32 Å². The lowest BCUT2D eigenvalue weighted by Gasteiger charge is -2.19. The van der Waals surface area contributed by atoms with E-state index in [9.17, 15) is 13.2 Å². The molecule has 25 heavy (non-hydrogen) atoms. The second kappa shape index (κ2) is 6.97. The highest BCUT2D eigenvalue weighted by Gasteiger charge is 2.22. The topological polar surface area (TPSA) is 104 Å². The molecule has 0 aliphatic heterocycles. The molecule has 1 aromatic carbocycles. The average molecular weight is 364 g/mol. The SMILES string of the molecule is Cc1n[nH]c(C)c1S(=O)(=O)NCC(=O)Nc1ccc(C(C)(C)C)cc1. The van der Waals surface area contributed by atoms with Crippen LogP contribution in [-0.4, -0.2) is 31.1 Å². The Kier molecular flexibility index (Phi) is 5.34. The summed E-state index contributed by atoms with van der Waals surface area (Å²) in [5.41, 5.74) is 2.59. The Labute approximate surface area is 148 Å². The molecule has 0 aliphatic carbocycles. The molecule has 0 atom stereocenters. The van der Waals surface area contributed by atoms with Crippen molar-refractivity contribution in [2.24, 2.45) is 0 Å². The molecule has 0 saturated heterocycles. The van der Waals surface area contributed by atoms with Gasteiger partial charge in [-0.2, -0.15) is 5.10 Å². The van der Waals surface area contributed by atoms with Gasteiger partial charge in [-0.05, 0) is 37.0 Å². The van der Waals surface area contributed by atoms with Gasteiger partial charge in [-0.3, -0.25) is 9.89 Å². The molecule has 8 heteroatoms. The Hall–Kier alpha value is -2.19. The number of anilines is 1. The van der Waals surface area contributed by atoms with E-state index >= 15 is 0 Å². The zero-order valence-corrected chi connectivity index (χ0v) is 15.9. The second-order valence-corrected chi connectivity index (χ2v) is 8.67. The van der Waals surface area contributed by atoms with E-state index in [0.29, 0.717) is 17.1 Å². The minimum absolute atomic E-state index is 0.0263. The molecule has 0 radical (unpaired) electrons. The number of H-pyrrole nitrogens is 1. The zero-order valence-electron chi connectivity index (χ0n) is 15.1. The van der Waals surface area contributed by atoms with E-state index in [1.807, 2.05) is 12.1 Å². The number of hydrogen-bond acceptors (Lipinski definition) is 4. The summed E-state index contributed by atoms with van der Waals surface area (Å²) in [6.45, 7) is 9.17. The Bertz CT molecular complexity index is 843. The quantitative estimate of drug-likeness (QED) is 0.757. The van der Waals surface area contributed by atoms with Crippen molar-refractivity contribution in [3.8, 4) is 0 Å². The predicted molar refractivity (Wildman–Crippen MR) is 97.0 cm³/mol. The van der Waals surface area contributed by atoms with Crippen LogP contribution >= 0.6 is 0 Å². The molecule has 0 aliphatic rings. The van der Waals surface area contributed by atoms with Crippen LogP contribution in [-0.2, 0) is 20.2 Å². The maximum absolute atomic E-state index is 12.3. The molecular weight excluding hydrogens is 340 g/mol. The number of benzene rings is 1. The summed E-state index contributed by atoms with van der Waals surface area (Å²) in [5.74, 6) is -0.439. The van der Waals surface area contributed by atoms with E-state index in [-0.39, 0.29) is 16.9 Å². The lowest BCUT2D eigenvalue weighted by molar-refractivity contribution is -0.115. The Morgan fingerprint density at radius 3 is 2.24 bits per heavy atom. The van der Waals surface area contributed by atoms with E-state index in [0.717, 1.165) is 5.56 Å². The average Bonchev–Trinajstić information content (AvgIpc) is 2.85. The third-order valence-electron chi connectivity index (χ3n) is 3.79. The Balaban J connectivity index is 1.99. The van der Waals surface area contributed by atoms with Crippen molar-refractivity contribution in [1.29, 1.82) is 0 Å². The Morgan fingerprint density at radius 1 is 1.16 bits per heavy atom. The molecule has 7 nitrogen and oxygen atoms in total. The third-order valence-corrected chi connectivity index (χ3v) is 5.45. The number of rotatable bonds is 5. The number of aromatic nitrogens is 2. The number of nitrogens with zero attached hydrogens (tertiary/aromatic N) is 1. The van der Waals surface area contributed by atoms with Crippen LogP contribution in [0.15, 0.2) is 29.2 Å². The number of aryl methyl sites for hydroxylation is 2. The number of aromatic amines is 1. The highest BCUT2D eigenvalue weighted by Crippen LogP contribution is 2.23. The molecule has 0 bridgehead atoms. The van der Waals surface area contributed by atoms with E-state index < -0.39 is 15.9 Å². The van der Waals surface area contributed by atoms with Crippen molar-refractivity contribution < 1.29 is 13.2 Å². The first-order chi connectivity index (χ1) is 11.5. The van der Waals surface area contributed by atoms with Gasteiger partial charge in [0.25, 0.3) is 0 Å². The van der Waals surface area contributed by atoms with Gasteiger partial charge >= 0.3 is 0 Å². The smallest absolute Gasteiger partial charge is 0.244 e. The summed E-state index contributed by atoms with van der Waals surface area (Å²) in [6.07, 6.45) is 0. The van der Waals surface area contributed by atoms with Crippen molar-refractivity contribution >= 4 is 21.6 Å². The number of hydrogen-bond donors (Lipinski definition) is 3. The number of sulfonamides is 1. The molecule has 2 aromatic rings. The van der Waals surface area contributed by atoms with Gasteiger partial charge in [-0.1, -0.05) is 32.9 Å². The van der Waals surface area contributed by atoms with Gasteiger partial charge in [-0.25, -0.2) is 13.1 Å². The standard InChI is InChI=1S/C17H24N4O3S/c1-11-16(12(2)21-20-11)25(23,24)18-10-15(22)19-14-8-6-13(7-9-14)17(3,4)5/h6-9,18H,10H2,1-5H3,(H,19,22)(H,20,21). The van der Waals surface area contributed by atoms with Gasteiger partial charge in [0.1, 0.15) is 4.90 Å². The van der Waals surface area contributed by atoms with Gasteiger partial charge in [-0.15, -0.1) is 0 Å². The van der Waals surface area contributed by atoms with Crippen LogP contribution in [0.4, 0.5) is 5.69 Å². The number of amides is 1. The summed E-state index contributed by atoms with van der Waals surface area (Å²) in [5, 5.41) is 9.16. The molecule has 3 N–H and O–H groups in total. The van der Waals surface area contributed by atoms with Crippen molar-refractivity contribution in [1.82, 2.24) is 14.9 Å². The molecule has 0 saturated carbocycles. The van der Waals surface area contributed by atoms with E-state index in [1.54, 1.807) is 26.0 Å². The summed E-state index contributed by atoms with van der Waals surface area (Å²) in [6, 6.07) is 7.49. The maximum Gasteiger partial charge on any atom is 0.244 e. The van der Waals surface area contributed by atoms with Crippen molar-refractivity contribution in [2.45, 2.75) is 44.9 Å². The van der Waals surface area contributed by atoms with Crippen LogP contribution in [0, 0.1) is 13.8 Å². The first-order valence-electron chi connectivity index (χ1n) is 7.92. The summed E-state index contributed by atoms with van der Waals surface area (Å²) >= 11 is 0. The van der Waals surface area contributed by atoms with Crippen LogP contribution in [0.25, 0.3) is 0 Å². The van der Waals surface area contributed by atoms with E-state index in [4.69, 9.17) is 0 Å². The monoisotopic (exact) mass is 364 g/mol. The maximum atomic E-state index is 12.3. The molecule has 1 aromatic heterocycles. The normalized spacial score (nSPS) is 12.2. The summed E-state index contributed by atoms with van der Waals surface area (Å²) < 4.78 is 26.9. The lowest BCUT2D eigenvalue weighted by Crippen LogP contribution is -2.33. The highest BCUT2D eigenvalue weighted by molar-refractivity contribution is 7.89. The number of carbonyl (C=O) groups excluding carboxylic acids is 1. The predicted octanol–water partition coefficient (Wildman–Crippen LogP) is 2.24. The minimum atomic E-state index is -3.80. The third kappa shape index (κ3) is 4.67. The summed E-state index contributed by atoms with van der Waals surface area (Å²) in [7, 11) is -3.80. The van der Waals surface area contributed by atoms with Crippen molar-refractivity contribution in [3.05, 3.63) is 41.2 Å². The van der Waals surface area contributed by atoms with Crippen LogP contribution < -0.4 is 10.0 Å². The molecule has 1 amide bonds. The molecule has 0 fully saturated rings. The largest absolute Gasteiger partial charge is 0.325 e. The second-order valence-electron chi connectivity index (χ2n) is 6.96. The van der Waals surface area contributed by atoms with Crippen molar-refractivity contribution in [2.75, 3.05) is 11.9 Å². The summed E-state index contributed by atoms with van der Waals surface area (Å²) in [4.78, 5) is 12.1. The van der Waals surface area contributed by atoms with Crippen LogP contribution in [0.5, 0.6) is 0 Å². The first-order valence-corrected chi connectivity index (χ1v) is 9.40. The van der Waals surface area contributed by atoms with Gasteiger partial charge in [0.05, 0.1) is 17.9 Å². The molecule has 136 valence electrons. The minimum Gasteiger partial charge on any atom is -0.325 e. The van der Waals surface area contributed by atoms with Crippen molar-refractivity contribution in [3.63, 3.8) is 0 Å². The Morgan fingerprint density at radius 2 is 1.76 bits per heavy atom. The van der Waals surface area contributed by atoms with Crippen LogP contribution in [0.3, 0.4) is 0 Å². The van der Waals surface area contributed by atoms with E-state index in [2.05, 4.69) is 41.0 Å². The van der Waals surface area contributed by atoms with Crippen LogP contribution in [0.2, 0.25) is 0 Å². The lowest BCUT2D eigenvalue weighted by atomic mass is 9.87. The van der Waals surface area contributed by atoms with Gasteiger partial charge in [0, 0.05) is 5.69 Å². The fourth-order valence-electron chi connectivity index (χ4n) is 2.43. The zero-order chi connectivity index (χ0) is 18.8. The number of carbonyl (C=O) groups is 1. The first kappa shape index (κ1) is 19.1. The fourth-order valence-corrected chi connectivity index (χ4v) is 3.78. The van der Waals surface area contributed by atoms with E-state index in [1.165, 1.54) is 0 Å². The molecule has 1 heterocycles. The van der Waals surface area contributed by atoms with Gasteiger partial charge in [0.15, 0.2) is 0 Å². The highest BCUT2D eigenvalue weighted by atomic mass is 32.2. The fraction of sp³-hybridized carbons (Fsp3) is 0.412. The van der Waals surface area contributed by atoms with Crippen LogP contribution in [0.1, 0.15) is 37.7 Å². The molecular formula is C17H24N4O3S. The molecule has 0 unspecified atom stereocenters. The number of nitrogens with one attached hydrogen (secondary N) is 3. The molecule has 2 rings (SSSR count).